The minimum atomic E-state index is -3.38. The van der Waals surface area contributed by atoms with Crippen LogP contribution in [-0.2, 0) is 9.84 Å². The van der Waals surface area contributed by atoms with Crippen molar-refractivity contribution in [3.63, 3.8) is 0 Å². The predicted octanol–water partition coefficient (Wildman–Crippen LogP) is 3.66. The number of nitrogens with zero attached hydrogens (tertiary/aromatic N) is 2. The monoisotopic (exact) mass is 390 g/mol. The molecule has 0 atom stereocenters. The second-order valence-corrected chi connectivity index (χ2v) is 8.50. The van der Waals surface area contributed by atoms with E-state index in [1.807, 2.05) is 31.2 Å². The highest BCUT2D eigenvalue weighted by Gasteiger charge is 2.15. The number of sulfone groups is 1. The van der Waals surface area contributed by atoms with Crippen LogP contribution in [0.25, 0.3) is 16.9 Å². The lowest BCUT2D eigenvalue weighted by Gasteiger charge is -2.10. The summed E-state index contributed by atoms with van der Waals surface area (Å²) >= 11 is 6.09. The number of hydrogen-bond acceptors (Lipinski definition) is 4. The summed E-state index contributed by atoms with van der Waals surface area (Å²) in [4.78, 5) is 0.253. The number of aromatic nitrogens is 2. The molecule has 136 valence electrons. The molecule has 5 nitrogen and oxygen atoms in total. The van der Waals surface area contributed by atoms with Crippen LogP contribution < -0.4 is 0 Å². The standard InChI is InChI=1S/C19H19ClN2O3S/c1-14-13-16(5-8-18(14)20)22-19(9-10-21-22)15-3-6-17(7-4-15)26(24,25)12-2-11-23/h3-10,13,23H,2,11-12H2,1H3. The van der Waals surface area contributed by atoms with Crippen LogP contribution in [0, 0.1) is 6.92 Å². The SMILES string of the molecule is Cc1cc(-n2nccc2-c2ccc(S(=O)(=O)CCCO)cc2)ccc1Cl. The first-order valence-corrected chi connectivity index (χ1v) is 10.2. The molecular formula is C19H19ClN2O3S. The van der Waals surface area contributed by atoms with Crippen LogP contribution in [0.5, 0.6) is 0 Å². The van der Waals surface area contributed by atoms with Crippen molar-refractivity contribution in [2.45, 2.75) is 18.2 Å². The Hall–Kier alpha value is -2.15. The summed E-state index contributed by atoms with van der Waals surface area (Å²) in [5.74, 6) is -0.0647. The highest BCUT2D eigenvalue weighted by atomic mass is 35.5. The van der Waals surface area contributed by atoms with Gasteiger partial charge in [0.25, 0.3) is 0 Å². The number of benzene rings is 2. The summed E-state index contributed by atoms with van der Waals surface area (Å²) in [6.07, 6.45) is 1.93. The largest absolute Gasteiger partial charge is 0.396 e. The summed E-state index contributed by atoms with van der Waals surface area (Å²) < 4.78 is 26.2. The van der Waals surface area contributed by atoms with Crippen LogP contribution in [0.1, 0.15) is 12.0 Å². The van der Waals surface area contributed by atoms with E-state index in [-0.39, 0.29) is 23.7 Å². The molecule has 0 saturated heterocycles. The summed E-state index contributed by atoms with van der Waals surface area (Å²) in [6.45, 7) is 1.79. The fraction of sp³-hybridized carbons (Fsp3) is 0.211. The zero-order valence-corrected chi connectivity index (χ0v) is 15.8. The van der Waals surface area contributed by atoms with E-state index in [1.54, 1.807) is 35.1 Å². The topological polar surface area (TPSA) is 72.2 Å². The quantitative estimate of drug-likeness (QED) is 0.697. The molecule has 26 heavy (non-hydrogen) atoms. The lowest BCUT2D eigenvalue weighted by atomic mass is 10.1. The maximum atomic E-state index is 12.2. The number of rotatable bonds is 6. The fourth-order valence-electron chi connectivity index (χ4n) is 2.69. The normalized spacial score (nSPS) is 11.7. The van der Waals surface area contributed by atoms with Gasteiger partial charge < -0.3 is 5.11 Å². The van der Waals surface area contributed by atoms with E-state index in [1.165, 1.54) is 0 Å². The molecule has 0 unspecified atom stereocenters. The molecule has 0 aliphatic rings. The Morgan fingerprint density at radius 2 is 1.85 bits per heavy atom. The molecule has 0 fully saturated rings. The second kappa shape index (κ2) is 7.61. The number of aliphatic hydroxyl groups excluding tert-OH is 1. The summed E-state index contributed by atoms with van der Waals surface area (Å²) in [6, 6.07) is 14.3. The predicted molar refractivity (Wildman–Crippen MR) is 103 cm³/mol. The average molecular weight is 391 g/mol. The Balaban J connectivity index is 1.94. The Kier molecular flexibility index (Phi) is 5.46. The zero-order valence-electron chi connectivity index (χ0n) is 14.3. The van der Waals surface area contributed by atoms with E-state index in [2.05, 4.69) is 5.10 Å². The lowest BCUT2D eigenvalue weighted by molar-refractivity contribution is 0.295. The molecule has 0 aliphatic heterocycles. The summed E-state index contributed by atoms with van der Waals surface area (Å²) in [5.41, 5.74) is 3.55. The van der Waals surface area contributed by atoms with Crippen molar-refractivity contribution >= 4 is 21.4 Å². The van der Waals surface area contributed by atoms with Crippen molar-refractivity contribution in [2.24, 2.45) is 0 Å². The van der Waals surface area contributed by atoms with Crippen LogP contribution in [-0.4, -0.2) is 35.7 Å². The lowest BCUT2D eigenvalue weighted by Crippen LogP contribution is -2.08. The molecule has 0 spiro atoms. The molecule has 7 heteroatoms. The minimum Gasteiger partial charge on any atom is -0.396 e. The highest BCUT2D eigenvalue weighted by Crippen LogP contribution is 2.26. The Bertz CT molecular complexity index is 1010. The van der Waals surface area contributed by atoms with Gasteiger partial charge in [0.15, 0.2) is 9.84 Å². The molecule has 2 aromatic carbocycles. The first kappa shape index (κ1) is 18.6. The van der Waals surface area contributed by atoms with Crippen molar-refractivity contribution in [3.05, 3.63) is 65.3 Å². The molecule has 3 aromatic rings. The minimum absolute atomic E-state index is 0.0647. The summed E-state index contributed by atoms with van der Waals surface area (Å²) in [7, 11) is -3.38. The van der Waals surface area contributed by atoms with Gasteiger partial charge in [-0.1, -0.05) is 23.7 Å². The smallest absolute Gasteiger partial charge is 0.178 e. The van der Waals surface area contributed by atoms with Crippen LogP contribution in [0.2, 0.25) is 5.02 Å². The Labute approximate surface area is 157 Å². The van der Waals surface area contributed by atoms with Crippen molar-refractivity contribution in [2.75, 3.05) is 12.4 Å². The Morgan fingerprint density at radius 3 is 2.50 bits per heavy atom. The maximum Gasteiger partial charge on any atom is 0.178 e. The highest BCUT2D eigenvalue weighted by molar-refractivity contribution is 7.91. The average Bonchev–Trinajstić information content (AvgIpc) is 3.12. The van der Waals surface area contributed by atoms with E-state index in [9.17, 15) is 8.42 Å². The number of hydrogen-bond donors (Lipinski definition) is 1. The van der Waals surface area contributed by atoms with Crippen LogP contribution in [0.3, 0.4) is 0 Å². The molecule has 0 radical (unpaired) electrons. The van der Waals surface area contributed by atoms with Crippen molar-refractivity contribution < 1.29 is 13.5 Å². The molecule has 0 amide bonds. The summed E-state index contributed by atoms with van der Waals surface area (Å²) in [5, 5.41) is 13.9. The number of aliphatic hydroxyl groups is 1. The first-order chi connectivity index (χ1) is 12.4. The fourth-order valence-corrected chi connectivity index (χ4v) is 4.11. The van der Waals surface area contributed by atoms with E-state index in [4.69, 9.17) is 16.7 Å². The number of aryl methyl sites for hydroxylation is 1. The maximum absolute atomic E-state index is 12.2. The van der Waals surface area contributed by atoms with Gasteiger partial charge in [0.1, 0.15) is 0 Å². The third-order valence-electron chi connectivity index (χ3n) is 4.11. The third kappa shape index (κ3) is 3.82. The second-order valence-electron chi connectivity index (χ2n) is 5.98. The molecule has 1 aromatic heterocycles. The number of halogens is 1. The molecule has 1 heterocycles. The molecule has 1 N–H and O–H groups in total. The molecule has 3 rings (SSSR count). The van der Waals surface area contributed by atoms with Gasteiger partial charge in [-0.25, -0.2) is 13.1 Å². The zero-order chi connectivity index (χ0) is 18.7. The molecular weight excluding hydrogens is 372 g/mol. The van der Waals surface area contributed by atoms with Gasteiger partial charge in [-0.2, -0.15) is 5.10 Å². The van der Waals surface area contributed by atoms with Gasteiger partial charge >= 0.3 is 0 Å². The Morgan fingerprint density at radius 1 is 1.12 bits per heavy atom. The third-order valence-corrected chi connectivity index (χ3v) is 6.35. The van der Waals surface area contributed by atoms with Crippen molar-refractivity contribution in [1.29, 1.82) is 0 Å². The van der Waals surface area contributed by atoms with Gasteiger partial charge in [0.05, 0.1) is 28.2 Å². The van der Waals surface area contributed by atoms with Crippen LogP contribution in [0.15, 0.2) is 59.6 Å². The molecule has 0 saturated carbocycles. The van der Waals surface area contributed by atoms with Crippen LogP contribution in [0.4, 0.5) is 0 Å². The van der Waals surface area contributed by atoms with Gasteiger partial charge in [-0.05, 0) is 55.3 Å². The van der Waals surface area contributed by atoms with Gasteiger partial charge in [0.2, 0.25) is 0 Å². The van der Waals surface area contributed by atoms with E-state index in [0.29, 0.717) is 5.02 Å². The first-order valence-electron chi connectivity index (χ1n) is 8.17. The van der Waals surface area contributed by atoms with E-state index < -0.39 is 9.84 Å². The van der Waals surface area contributed by atoms with Gasteiger partial charge in [0, 0.05) is 17.2 Å². The van der Waals surface area contributed by atoms with E-state index >= 15 is 0 Å². The molecule has 0 bridgehead atoms. The van der Waals surface area contributed by atoms with Crippen LogP contribution >= 0.6 is 11.6 Å². The van der Waals surface area contributed by atoms with Crippen molar-refractivity contribution in [3.8, 4) is 16.9 Å². The van der Waals surface area contributed by atoms with Gasteiger partial charge in [-0.3, -0.25) is 0 Å². The molecule has 0 aliphatic carbocycles. The van der Waals surface area contributed by atoms with Crippen molar-refractivity contribution in [1.82, 2.24) is 9.78 Å². The van der Waals surface area contributed by atoms with Gasteiger partial charge in [-0.15, -0.1) is 0 Å². The van der Waals surface area contributed by atoms with E-state index in [0.717, 1.165) is 22.5 Å².